The molecule has 0 saturated heterocycles. The van der Waals surface area contributed by atoms with Crippen molar-refractivity contribution in [3.8, 4) is 5.75 Å². The quantitative estimate of drug-likeness (QED) is 0.605. The summed E-state index contributed by atoms with van der Waals surface area (Å²) in [6.07, 6.45) is 4.10. The van der Waals surface area contributed by atoms with Crippen LogP contribution in [0.2, 0.25) is 0 Å². The van der Waals surface area contributed by atoms with Gasteiger partial charge in [-0.05, 0) is 18.1 Å². The van der Waals surface area contributed by atoms with Gasteiger partial charge in [0, 0.05) is 5.56 Å². The van der Waals surface area contributed by atoms with Gasteiger partial charge in [-0.1, -0.05) is 45.0 Å². The lowest BCUT2D eigenvalue weighted by atomic mass is 10.1. The first-order valence-electron chi connectivity index (χ1n) is 5.08. The van der Waals surface area contributed by atoms with Crippen molar-refractivity contribution in [1.29, 1.82) is 0 Å². The highest BCUT2D eigenvalue weighted by Crippen LogP contribution is 2.21. The molecular weight excluding hydrogens is 172 g/mol. The smallest absolute Gasteiger partial charge is 0.126 e. The van der Waals surface area contributed by atoms with Gasteiger partial charge in [0.2, 0.25) is 0 Å². The van der Waals surface area contributed by atoms with Crippen molar-refractivity contribution in [2.24, 2.45) is 5.92 Å². The maximum atomic E-state index is 5.34. The Morgan fingerprint density at radius 2 is 1.79 bits per heavy atom. The minimum atomic E-state index is 0.705. The number of ether oxygens (including phenoxy) is 1. The van der Waals surface area contributed by atoms with Crippen molar-refractivity contribution in [1.82, 2.24) is 0 Å². The van der Waals surface area contributed by atoms with E-state index >= 15 is 0 Å². The standard InChI is InChI=1S/C9H8O.C4H10/c1-2-6-9-8(4-1)5-3-7-10-9;1-4(2)3/h1-6H,7H2;4H,1-3H3. The molecule has 0 unspecified atom stereocenters. The Morgan fingerprint density at radius 1 is 1.14 bits per heavy atom. The molecule has 0 bridgehead atoms. The highest BCUT2D eigenvalue weighted by Gasteiger charge is 2.01. The van der Waals surface area contributed by atoms with Crippen molar-refractivity contribution in [3.63, 3.8) is 0 Å². The Hall–Kier alpha value is -1.24. The molecule has 14 heavy (non-hydrogen) atoms. The minimum Gasteiger partial charge on any atom is -0.489 e. The average Bonchev–Trinajstić information content (AvgIpc) is 2.17. The summed E-state index contributed by atoms with van der Waals surface area (Å²) in [5.74, 6) is 1.82. The van der Waals surface area contributed by atoms with E-state index in [-0.39, 0.29) is 0 Å². The fraction of sp³-hybridized carbons (Fsp3) is 0.385. The molecule has 0 amide bonds. The topological polar surface area (TPSA) is 9.23 Å². The first kappa shape index (κ1) is 10.8. The zero-order chi connectivity index (χ0) is 10.4. The molecule has 1 aliphatic rings. The van der Waals surface area contributed by atoms with E-state index in [4.69, 9.17) is 4.74 Å². The van der Waals surface area contributed by atoms with Crippen molar-refractivity contribution in [2.45, 2.75) is 20.8 Å². The van der Waals surface area contributed by atoms with Crippen LogP contribution in [0.5, 0.6) is 5.75 Å². The van der Waals surface area contributed by atoms with Crippen LogP contribution >= 0.6 is 0 Å². The first-order chi connectivity index (χ1) is 6.70. The second-order valence-corrected chi connectivity index (χ2v) is 3.98. The van der Waals surface area contributed by atoms with Gasteiger partial charge in [0.25, 0.3) is 0 Å². The first-order valence-corrected chi connectivity index (χ1v) is 5.08. The Labute approximate surface area is 86.4 Å². The number of rotatable bonds is 0. The van der Waals surface area contributed by atoms with Gasteiger partial charge in [0.1, 0.15) is 12.4 Å². The number of fused-ring (bicyclic) bond motifs is 1. The van der Waals surface area contributed by atoms with E-state index in [0.717, 1.165) is 11.7 Å². The summed E-state index contributed by atoms with van der Waals surface area (Å²) >= 11 is 0. The largest absolute Gasteiger partial charge is 0.489 e. The van der Waals surface area contributed by atoms with Gasteiger partial charge in [-0.15, -0.1) is 0 Å². The van der Waals surface area contributed by atoms with Gasteiger partial charge in [0.15, 0.2) is 0 Å². The molecule has 2 rings (SSSR count). The van der Waals surface area contributed by atoms with Crippen LogP contribution in [-0.2, 0) is 0 Å². The van der Waals surface area contributed by atoms with Gasteiger partial charge in [0.05, 0.1) is 0 Å². The number of hydrogen-bond donors (Lipinski definition) is 0. The number of benzene rings is 1. The Balaban J connectivity index is 0.000000213. The zero-order valence-corrected chi connectivity index (χ0v) is 9.16. The fourth-order valence-corrected chi connectivity index (χ4v) is 1.06. The van der Waals surface area contributed by atoms with E-state index in [0.29, 0.717) is 6.61 Å². The molecule has 0 saturated carbocycles. The van der Waals surface area contributed by atoms with Gasteiger partial charge < -0.3 is 4.74 Å². The van der Waals surface area contributed by atoms with E-state index in [1.807, 2.05) is 30.3 Å². The highest BCUT2D eigenvalue weighted by atomic mass is 16.5. The summed E-state index contributed by atoms with van der Waals surface area (Å²) in [4.78, 5) is 0. The monoisotopic (exact) mass is 190 g/mol. The summed E-state index contributed by atoms with van der Waals surface area (Å²) < 4.78 is 5.34. The lowest BCUT2D eigenvalue weighted by Gasteiger charge is -2.10. The molecule has 1 heteroatoms. The minimum absolute atomic E-state index is 0.705. The predicted molar refractivity (Wildman–Crippen MR) is 61.5 cm³/mol. The normalized spacial score (nSPS) is 12.6. The van der Waals surface area contributed by atoms with Crippen molar-refractivity contribution in [2.75, 3.05) is 6.61 Å². The third kappa shape index (κ3) is 3.65. The maximum Gasteiger partial charge on any atom is 0.126 e. The van der Waals surface area contributed by atoms with Crippen LogP contribution in [0.25, 0.3) is 6.08 Å². The summed E-state index contributed by atoms with van der Waals surface area (Å²) in [7, 11) is 0. The molecule has 0 aromatic heterocycles. The fourth-order valence-electron chi connectivity index (χ4n) is 1.06. The molecule has 1 nitrogen and oxygen atoms in total. The molecule has 0 fully saturated rings. The van der Waals surface area contributed by atoms with E-state index in [9.17, 15) is 0 Å². The zero-order valence-electron chi connectivity index (χ0n) is 9.16. The summed E-state index contributed by atoms with van der Waals surface area (Å²) in [5.41, 5.74) is 1.17. The summed E-state index contributed by atoms with van der Waals surface area (Å²) in [6.45, 7) is 7.21. The third-order valence-electron chi connectivity index (χ3n) is 1.55. The van der Waals surface area contributed by atoms with E-state index in [1.54, 1.807) is 0 Å². The molecule has 0 radical (unpaired) electrons. The molecule has 76 valence electrons. The van der Waals surface area contributed by atoms with Gasteiger partial charge >= 0.3 is 0 Å². The molecule has 1 aliphatic heterocycles. The van der Waals surface area contributed by atoms with Crippen molar-refractivity contribution < 1.29 is 4.74 Å². The van der Waals surface area contributed by atoms with Crippen LogP contribution in [0, 0.1) is 5.92 Å². The molecule has 1 heterocycles. The highest BCUT2D eigenvalue weighted by molar-refractivity contribution is 5.58. The lowest BCUT2D eigenvalue weighted by Crippen LogP contribution is -1.98. The van der Waals surface area contributed by atoms with Gasteiger partial charge in [-0.25, -0.2) is 0 Å². The van der Waals surface area contributed by atoms with Crippen molar-refractivity contribution >= 4 is 6.08 Å². The van der Waals surface area contributed by atoms with Crippen molar-refractivity contribution in [3.05, 3.63) is 35.9 Å². The van der Waals surface area contributed by atoms with E-state index in [1.165, 1.54) is 5.56 Å². The molecule has 0 spiro atoms. The van der Waals surface area contributed by atoms with Crippen LogP contribution < -0.4 is 4.74 Å². The second kappa shape index (κ2) is 5.48. The predicted octanol–water partition coefficient (Wildman–Crippen LogP) is 3.75. The van der Waals surface area contributed by atoms with Gasteiger partial charge in [-0.3, -0.25) is 0 Å². The van der Waals surface area contributed by atoms with E-state index < -0.39 is 0 Å². The lowest BCUT2D eigenvalue weighted by molar-refractivity contribution is 0.358. The third-order valence-corrected chi connectivity index (χ3v) is 1.55. The molecule has 0 aliphatic carbocycles. The summed E-state index contributed by atoms with van der Waals surface area (Å²) in [6, 6.07) is 8.03. The second-order valence-electron chi connectivity index (χ2n) is 3.98. The molecular formula is C13H18O. The van der Waals surface area contributed by atoms with Crippen LogP contribution in [0.4, 0.5) is 0 Å². The Kier molecular flexibility index (Phi) is 4.24. The van der Waals surface area contributed by atoms with Crippen LogP contribution in [0.3, 0.4) is 0 Å². The molecule has 1 aromatic rings. The summed E-state index contributed by atoms with van der Waals surface area (Å²) in [5, 5.41) is 0. The average molecular weight is 190 g/mol. The van der Waals surface area contributed by atoms with Crippen LogP contribution in [0.1, 0.15) is 26.3 Å². The van der Waals surface area contributed by atoms with Gasteiger partial charge in [-0.2, -0.15) is 0 Å². The Morgan fingerprint density at radius 3 is 2.43 bits per heavy atom. The molecule has 1 aromatic carbocycles. The van der Waals surface area contributed by atoms with Crippen LogP contribution in [0.15, 0.2) is 30.3 Å². The number of para-hydroxylation sites is 1. The molecule has 0 atom stereocenters. The van der Waals surface area contributed by atoms with Crippen LogP contribution in [-0.4, -0.2) is 6.61 Å². The van der Waals surface area contributed by atoms with E-state index in [2.05, 4.69) is 26.8 Å². The molecule has 0 N–H and O–H groups in total. The Bertz CT molecular complexity index is 297. The number of hydrogen-bond acceptors (Lipinski definition) is 1. The maximum absolute atomic E-state index is 5.34. The SMILES string of the molecule is C1=Cc2ccccc2OC1.CC(C)C.